The largest absolute Gasteiger partial charge is 0.462 e. The van der Waals surface area contributed by atoms with Gasteiger partial charge in [-0.3, -0.25) is 0 Å². The molecule has 0 fully saturated rings. The summed E-state index contributed by atoms with van der Waals surface area (Å²) >= 11 is 3.43. The first kappa shape index (κ1) is 25.1. The molecule has 0 N–H and O–H groups in total. The van der Waals surface area contributed by atoms with Gasteiger partial charge in [0.25, 0.3) is 0 Å². The van der Waals surface area contributed by atoms with Gasteiger partial charge in [0.15, 0.2) is 0 Å². The van der Waals surface area contributed by atoms with Crippen LogP contribution in [0.1, 0.15) is 84.6 Å². The van der Waals surface area contributed by atoms with Crippen molar-refractivity contribution in [1.29, 1.82) is 0 Å². The van der Waals surface area contributed by atoms with E-state index in [-0.39, 0.29) is 17.7 Å². The average Bonchev–Trinajstić information content (AvgIpc) is 2.78. The minimum Gasteiger partial charge on any atom is -0.462 e. The van der Waals surface area contributed by atoms with E-state index in [0.29, 0.717) is 13.0 Å². The van der Waals surface area contributed by atoms with Crippen molar-refractivity contribution in [3.63, 3.8) is 0 Å². The molecule has 0 amide bonds. The van der Waals surface area contributed by atoms with Crippen LogP contribution >= 0.6 is 15.9 Å². The Morgan fingerprint density at radius 1 is 0.742 bits per heavy atom. The Balaban J connectivity index is 1.74. The maximum atomic E-state index is 12.5. The molecule has 0 unspecified atom stereocenters. The SMILES string of the molecule is CCCCCCCCCCOC(=O)c1ccccc1C(=O)OCCc1cccc(Br)c1. The molecule has 0 bridgehead atoms. The Hall–Kier alpha value is -2.14. The van der Waals surface area contributed by atoms with Gasteiger partial charge >= 0.3 is 11.9 Å². The Labute approximate surface area is 194 Å². The fourth-order valence-electron chi connectivity index (χ4n) is 3.35. The smallest absolute Gasteiger partial charge is 0.339 e. The van der Waals surface area contributed by atoms with Gasteiger partial charge in [0.2, 0.25) is 0 Å². The van der Waals surface area contributed by atoms with Gasteiger partial charge in [-0.05, 0) is 36.2 Å². The molecule has 0 heterocycles. The molecule has 168 valence electrons. The zero-order valence-electron chi connectivity index (χ0n) is 18.4. The van der Waals surface area contributed by atoms with Crippen LogP contribution in [-0.2, 0) is 15.9 Å². The van der Waals surface area contributed by atoms with Gasteiger partial charge in [-0.15, -0.1) is 0 Å². The van der Waals surface area contributed by atoms with E-state index in [1.54, 1.807) is 24.3 Å². The molecule has 0 spiro atoms. The molecule has 0 saturated carbocycles. The van der Waals surface area contributed by atoms with Gasteiger partial charge in [-0.2, -0.15) is 0 Å². The molecule has 2 aromatic rings. The topological polar surface area (TPSA) is 52.6 Å². The molecule has 4 nitrogen and oxygen atoms in total. The number of esters is 2. The first-order valence-electron chi connectivity index (χ1n) is 11.3. The number of halogens is 1. The van der Waals surface area contributed by atoms with Crippen LogP contribution in [0, 0.1) is 0 Å². The van der Waals surface area contributed by atoms with E-state index in [1.807, 2.05) is 24.3 Å². The van der Waals surface area contributed by atoms with Crippen molar-refractivity contribution >= 4 is 27.9 Å². The number of unbranched alkanes of at least 4 members (excludes halogenated alkanes) is 7. The van der Waals surface area contributed by atoms with E-state index < -0.39 is 11.9 Å². The molecule has 0 saturated heterocycles. The summed E-state index contributed by atoms with van der Waals surface area (Å²) in [5, 5.41) is 0. The maximum absolute atomic E-state index is 12.5. The van der Waals surface area contributed by atoms with E-state index in [1.165, 1.54) is 38.5 Å². The highest BCUT2D eigenvalue weighted by Crippen LogP contribution is 2.15. The Bertz CT molecular complexity index is 819. The molecule has 0 aromatic heterocycles. The van der Waals surface area contributed by atoms with Crippen LogP contribution in [0.3, 0.4) is 0 Å². The highest BCUT2D eigenvalue weighted by atomic mass is 79.9. The van der Waals surface area contributed by atoms with Crippen molar-refractivity contribution < 1.29 is 19.1 Å². The summed E-state index contributed by atoms with van der Waals surface area (Å²) in [6, 6.07) is 14.5. The van der Waals surface area contributed by atoms with Crippen molar-refractivity contribution in [3.05, 3.63) is 69.7 Å². The molecular formula is C26H33BrO4. The van der Waals surface area contributed by atoms with Crippen molar-refractivity contribution in [3.8, 4) is 0 Å². The van der Waals surface area contributed by atoms with Crippen molar-refractivity contribution in [2.24, 2.45) is 0 Å². The lowest BCUT2D eigenvalue weighted by molar-refractivity contribution is 0.0455. The standard InChI is InChI=1S/C26H33BrO4/c1-2-3-4-5-6-7-8-11-18-30-25(28)23-15-9-10-16-24(23)26(29)31-19-17-21-13-12-14-22(27)20-21/h9-10,12-16,20H,2-8,11,17-19H2,1H3. The molecule has 0 aliphatic heterocycles. The van der Waals surface area contributed by atoms with Crippen LogP contribution in [0.2, 0.25) is 0 Å². The van der Waals surface area contributed by atoms with E-state index in [4.69, 9.17) is 9.47 Å². The summed E-state index contributed by atoms with van der Waals surface area (Å²) in [5.41, 5.74) is 1.58. The van der Waals surface area contributed by atoms with Crippen LogP contribution < -0.4 is 0 Å². The van der Waals surface area contributed by atoms with E-state index in [2.05, 4.69) is 22.9 Å². The number of carbonyl (C=O) groups excluding carboxylic acids is 2. The van der Waals surface area contributed by atoms with Gasteiger partial charge in [0.1, 0.15) is 0 Å². The first-order valence-corrected chi connectivity index (χ1v) is 12.1. The minimum atomic E-state index is -0.505. The van der Waals surface area contributed by atoms with Crippen LogP contribution in [0.5, 0.6) is 0 Å². The monoisotopic (exact) mass is 488 g/mol. The molecule has 0 radical (unpaired) electrons. The lowest BCUT2D eigenvalue weighted by Crippen LogP contribution is -2.15. The fourth-order valence-corrected chi connectivity index (χ4v) is 3.80. The Kier molecular flexibility index (Phi) is 12.0. The van der Waals surface area contributed by atoms with E-state index >= 15 is 0 Å². The summed E-state index contributed by atoms with van der Waals surface area (Å²) < 4.78 is 11.8. The number of benzene rings is 2. The van der Waals surface area contributed by atoms with Crippen LogP contribution in [0.4, 0.5) is 0 Å². The quantitative estimate of drug-likeness (QED) is 0.209. The zero-order chi connectivity index (χ0) is 22.3. The predicted molar refractivity (Wildman–Crippen MR) is 127 cm³/mol. The average molecular weight is 489 g/mol. The van der Waals surface area contributed by atoms with Crippen LogP contribution in [-0.4, -0.2) is 25.2 Å². The Morgan fingerprint density at radius 2 is 1.32 bits per heavy atom. The third kappa shape index (κ3) is 9.69. The maximum Gasteiger partial charge on any atom is 0.339 e. The first-order chi connectivity index (χ1) is 15.1. The van der Waals surface area contributed by atoms with Crippen molar-refractivity contribution in [1.82, 2.24) is 0 Å². The zero-order valence-corrected chi connectivity index (χ0v) is 20.0. The van der Waals surface area contributed by atoms with Gasteiger partial charge in [-0.1, -0.05) is 92.1 Å². The number of rotatable bonds is 14. The third-order valence-corrected chi connectivity index (χ3v) is 5.60. The van der Waals surface area contributed by atoms with Gasteiger partial charge in [-0.25, -0.2) is 9.59 Å². The fraction of sp³-hybridized carbons (Fsp3) is 0.462. The summed E-state index contributed by atoms with van der Waals surface area (Å²) in [6.07, 6.45) is 10.1. The summed E-state index contributed by atoms with van der Waals surface area (Å²) in [6.45, 7) is 2.84. The van der Waals surface area contributed by atoms with Crippen LogP contribution in [0.25, 0.3) is 0 Å². The molecule has 2 rings (SSSR count). The van der Waals surface area contributed by atoms with Crippen molar-refractivity contribution in [2.75, 3.05) is 13.2 Å². The predicted octanol–water partition coefficient (Wildman–Crippen LogP) is 7.15. The highest BCUT2D eigenvalue weighted by Gasteiger charge is 2.18. The highest BCUT2D eigenvalue weighted by molar-refractivity contribution is 9.10. The second kappa shape index (κ2) is 14.8. The lowest BCUT2D eigenvalue weighted by Gasteiger charge is -2.10. The van der Waals surface area contributed by atoms with Crippen molar-refractivity contribution in [2.45, 2.75) is 64.7 Å². The second-order valence-corrected chi connectivity index (χ2v) is 8.59. The van der Waals surface area contributed by atoms with E-state index in [0.717, 1.165) is 22.9 Å². The number of hydrogen-bond acceptors (Lipinski definition) is 4. The molecule has 0 aliphatic rings. The molecule has 2 aromatic carbocycles. The van der Waals surface area contributed by atoms with Gasteiger partial charge in [0.05, 0.1) is 24.3 Å². The number of ether oxygens (including phenoxy) is 2. The number of carbonyl (C=O) groups is 2. The second-order valence-electron chi connectivity index (χ2n) is 7.67. The lowest BCUT2D eigenvalue weighted by atomic mass is 10.1. The van der Waals surface area contributed by atoms with Crippen LogP contribution in [0.15, 0.2) is 53.0 Å². The van der Waals surface area contributed by atoms with E-state index in [9.17, 15) is 9.59 Å². The molecular weight excluding hydrogens is 456 g/mol. The molecule has 0 atom stereocenters. The summed E-state index contributed by atoms with van der Waals surface area (Å²) in [5.74, 6) is -0.975. The normalized spacial score (nSPS) is 10.6. The summed E-state index contributed by atoms with van der Waals surface area (Å²) in [4.78, 5) is 25.0. The molecule has 5 heteroatoms. The summed E-state index contributed by atoms with van der Waals surface area (Å²) in [7, 11) is 0. The van der Waals surface area contributed by atoms with Gasteiger partial charge in [0, 0.05) is 10.9 Å². The third-order valence-electron chi connectivity index (χ3n) is 5.11. The minimum absolute atomic E-state index is 0.247. The molecule has 31 heavy (non-hydrogen) atoms. The van der Waals surface area contributed by atoms with Gasteiger partial charge < -0.3 is 9.47 Å². The Morgan fingerprint density at radius 3 is 1.94 bits per heavy atom. The molecule has 0 aliphatic carbocycles. The number of hydrogen-bond donors (Lipinski definition) is 0.